The molecule has 3 heterocycles. The van der Waals surface area contributed by atoms with E-state index in [-0.39, 0.29) is 61.4 Å². The summed E-state index contributed by atoms with van der Waals surface area (Å²) < 4.78 is 4.83. The van der Waals surface area contributed by atoms with Crippen molar-refractivity contribution in [2.45, 2.75) is 65.8 Å². The van der Waals surface area contributed by atoms with Gasteiger partial charge in [-0.25, -0.2) is 0 Å². The summed E-state index contributed by atoms with van der Waals surface area (Å²) in [5.74, 6) is -0.430. The molecule has 3 unspecified atom stereocenters. The minimum absolute atomic E-state index is 0. The Morgan fingerprint density at radius 1 is 0.857 bits per heavy atom. The first-order chi connectivity index (χ1) is 16.1. The van der Waals surface area contributed by atoms with Gasteiger partial charge in [0, 0.05) is 40.2 Å². The number of likely N-dealkylation sites (tertiary alicyclic amines) is 3. The Bertz CT molecular complexity index is 758. The predicted octanol–water partition coefficient (Wildman–Crippen LogP) is 1.08. The Balaban J connectivity index is 0.000000378. The highest BCUT2D eigenvalue weighted by atomic mass is 16.5. The summed E-state index contributed by atoms with van der Waals surface area (Å²) >= 11 is 0. The average Bonchev–Trinajstić information content (AvgIpc) is 3.28. The number of esters is 1. The molecule has 1 N–H and O–H groups in total. The van der Waals surface area contributed by atoms with E-state index < -0.39 is 0 Å². The number of likely N-dealkylation sites (N-methyl/N-ethyl adjacent to an activating group) is 1. The second-order valence-corrected chi connectivity index (χ2v) is 9.49. The third-order valence-electron chi connectivity index (χ3n) is 6.78. The van der Waals surface area contributed by atoms with Gasteiger partial charge >= 0.3 is 5.97 Å². The van der Waals surface area contributed by atoms with Crippen LogP contribution in [0.5, 0.6) is 0 Å². The molecule has 0 radical (unpaired) electrons. The number of hydrogen-bond donors (Lipinski definition) is 1. The lowest BCUT2D eigenvalue weighted by Crippen LogP contribution is -2.50. The average molecular weight is 497 g/mol. The van der Waals surface area contributed by atoms with Gasteiger partial charge in [0.2, 0.25) is 17.7 Å². The van der Waals surface area contributed by atoms with E-state index in [4.69, 9.17) is 4.74 Å². The highest BCUT2D eigenvalue weighted by Crippen LogP contribution is 2.23. The number of nitrogens with zero attached hydrogens (tertiary/aromatic N) is 3. The van der Waals surface area contributed by atoms with E-state index in [2.05, 4.69) is 5.32 Å². The summed E-state index contributed by atoms with van der Waals surface area (Å²) in [6.07, 6.45) is 5.29. The second kappa shape index (κ2) is 14.8. The third-order valence-corrected chi connectivity index (χ3v) is 6.78. The maximum atomic E-state index is 12.6. The van der Waals surface area contributed by atoms with Crippen LogP contribution in [0.3, 0.4) is 0 Å². The molecule has 0 aromatic carbocycles. The Morgan fingerprint density at radius 3 is 1.97 bits per heavy atom. The molecule has 0 aliphatic carbocycles. The summed E-state index contributed by atoms with van der Waals surface area (Å²) in [4.78, 5) is 63.3. The van der Waals surface area contributed by atoms with Gasteiger partial charge in [-0.1, -0.05) is 7.43 Å². The summed E-state index contributed by atoms with van der Waals surface area (Å²) in [6, 6.07) is -0.139. The Kier molecular flexibility index (Phi) is 12.9. The number of carbonyl (C=O) groups is 5. The Morgan fingerprint density at radius 2 is 1.43 bits per heavy atom. The van der Waals surface area contributed by atoms with Crippen molar-refractivity contribution >= 4 is 29.5 Å². The molecule has 10 nitrogen and oxygen atoms in total. The summed E-state index contributed by atoms with van der Waals surface area (Å²) in [6.45, 7) is 6.30. The standard InChI is InChI=1S/C15H25N3O3.C9H15NO3.CH4/c1-11(19)17-7-4-6-13(10-17)15(21)18-8-3-5-12(9-18)14(20)16-2;1-7(11)6-13-9(12)8-4-3-5-10(8)2;/h12-13H,3-10H2,1-2H3,(H,16,20);8H,3-6H2,1-2H3;1H4. The molecule has 3 aliphatic heterocycles. The van der Waals surface area contributed by atoms with E-state index in [9.17, 15) is 24.0 Å². The molecule has 0 saturated carbocycles. The zero-order chi connectivity index (χ0) is 25.3. The number of ketones is 1. The second-order valence-electron chi connectivity index (χ2n) is 9.49. The van der Waals surface area contributed by atoms with Crippen molar-refractivity contribution in [3.63, 3.8) is 0 Å². The number of rotatable bonds is 5. The molecule has 3 rings (SSSR count). The Hall–Kier alpha value is -2.49. The van der Waals surface area contributed by atoms with E-state index in [0.29, 0.717) is 13.1 Å². The summed E-state index contributed by atoms with van der Waals surface area (Å²) in [5.41, 5.74) is 0. The molecule has 200 valence electrons. The molecule has 3 aliphatic rings. The molecular weight excluding hydrogens is 452 g/mol. The zero-order valence-corrected chi connectivity index (χ0v) is 21.0. The van der Waals surface area contributed by atoms with Crippen LogP contribution in [0.25, 0.3) is 0 Å². The van der Waals surface area contributed by atoms with Gasteiger partial charge in [-0.15, -0.1) is 0 Å². The molecule has 0 aromatic heterocycles. The van der Waals surface area contributed by atoms with E-state index in [1.165, 1.54) is 6.92 Å². The normalized spacial score (nSPS) is 24.4. The minimum Gasteiger partial charge on any atom is -0.457 e. The van der Waals surface area contributed by atoms with Crippen molar-refractivity contribution in [2.24, 2.45) is 11.8 Å². The minimum atomic E-state index is -0.268. The fourth-order valence-electron chi connectivity index (χ4n) is 4.80. The molecule has 35 heavy (non-hydrogen) atoms. The van der Waals surface area contributed by atoms with Crippen LogP contribution in [0.1, 0.15) is 59.8 Å². The van der Waals surface area contributed by atoms with Gasteiger partial charge in [-0.2, -0.15) is 0 Å². The zero-order valence-electron chi connectivity index (χ0n) is 21.0. The van der Waals surface area contributed by atoms with Crippen LogP contribution in [0.4, 0.5) is 0 Å². The highest BCUT2D eigenvalue weighted by molar-refractivity contribution is 5.83. The van der Waals surface area contributed by atoms with E-state index >= 15 is 0 Å². The molecule has 0 aromatic rings. The van der Waals surface area contributed by atoms with Crippen molar-refractivity contribution in [1.82, 2.24) is 20.0 Å². The van der Waals surface area contributed by atoms with Crippen molar-refractivity contribution < 1.29 is 28.7 Å². The fourth-order valence-corrected chi connectivity index (χ4v) is 4.80. The van der Waals surface area contributed by atoms with Crippen molar-refractivity contribution in [3.05, 3.63) is 0 Å². The van der Waals surface area contributed by atoms with Gasteiger partial charge in [0.15, 0.2) is 5.78 Å². The van der Waals surface area contributed by atoms with Crippen LogP contribution in [-0.4, -0.2) is 104 Å². The lowest BCUT2D eigenvalue weighted by atomic mass is 9.92. The van der Waals surface area contributed by atoms with E-state index in [0.717, 1.165) is 58.2 Å². The van der Waals surface area contributed by atoms with Crippen molar-refractivity contribution in [3.8, 4) is 0 Å². The monoisotopic (exact) mass is 496 g/mol. The summed E-state index contributed by atoms with van der Waals surface area (Å²) in [7, 11) is 3.53. The van der Waals surface area contributed by atoms with Gasteiger partial charge in [0.25, 0.3) is 0 Å². The first-order valence-electron chi connectivity index (χ1n) is 12.3. The predicted molar refractivity (Wildman–Crippen MR) is 132 cm³/mol. The number of nitrogens with one attached hydrogen (secondary N) is 1. The SMILES string of the molecule is C.CC(=O)COC(=O)C1CCCN1C.CNC(=O)C1CCCN(C(=O)C2CCCN(C(C)=O)C2)C1. The number of Topliss-reactive ketones (excluding diaryl/α,β-unsaturated/α-hetero) is 1. The first kappa shape index (κ1) is 30.5. The first-order valence-corrected chi connectivity index (χ1v) is 12.3. The van der Waals surface area contributed by atoms with Crippen LogP contribution < -0.4 is 5.32 Å². The van der Waals surface area contributed by atoms with Gasteiger partial charge in [-0.3, -0.25) is 28.9 Å². The molecule has 0 bridgehead atoms. The number of ether oxygens (including phenoxy) is 1. The fraction of sp³-hybridized carbons (Fsp3) is 0.800. The lowest BCUT2D eigenvalue weighted by molar-refractivity contribution is -0.151. The highest BCUT2D eigenvalue weighted by Gasteiger charge is 2.34. The van der Waals surface area contributed by atoms with E-state index in [1.54, 1.807) is 18.9 Å². The van der Waals surface area contributed by atoms with Crippen LogP contribution in [0, 0.1) is 11.8 Å². The number of carbonyl (C=O) groups excluding carboxylic acids is 5. The van der Waals surface area contributed by atoms with Crippen LogP contribution >= 0.6 is 0 Å². The maximum absolute atomic E-state index is 12.6. The van der Waals surface area contributed by atoms with Crippen LogP contribution in [0.15, 0.2) is 0 Å². The van der Waals surface area contributed by atoms with Crippen molar-refractivity contribution in [1.29, 1.82) is 0 Å². The topological polar surface area (TPSA) is 116 Å². The number of piperidine rings is 2. The van der Waals surface area contributed by atoms with Crippen LogP contribution in [-0.2, 0) is 28.7 Å². The van der Waals surface area contributed by atoms with Gasteiger partial charge < -0.3 is 19.9 Å². The number of hydrogen-bond acceptors (Lipinski definition) is 7. The quantitative estimate of drug-likeness (QED) is 0.566. The van der Waals surface area contributed by atoms with Gasteiger partial charge in [0.05, 0.1) is 11.8 Å². The third kappa shape index (κ3) is 9.23. The molecule has 3 fully saturated rings. The van der Waals surface area contributed by atoms with Crippen molar-refractivity contribution in [2.75, 3.05) is 53.4 Å². The van der Waals surface area contributed by atoms with E-state index in [1.807, 2.05) is 16.8 Å². The molecule has 3 saturated heterocycles. The molecular formula is C25H44N4O6. The largest absolute Gasteiger partial charge is 0.457 e. The van der Waals surface area contributed by atoms with Gasteiger partial charge in [-0.05, 0) is 59.0 Å². The maximum Gasteiger partial charge on any atom is 0.323 e. The molecule has 3 atom stereocenters. The molecule has 0 spiro atoms. The smallest absolute Gasteiger partial charge is 0.323 e. The molecule has 3 amide bonds. The van der Waals surface area contributed by atoms with Gasteiger partial charge in [0.1, 0.15) is 12.6 Å². The molecule has 10 heteroatoms. The van der Waals surface area contributed by atoms with Crippen LogP contribution in [0.2, 0.25) is 0 Å². The Labute approximate surface area is 209 Å². The summed E-state index contributed by atoms with van der Waals surface area (Å²) in [5, 5.41) is 2.67. The number of amides is 3. The lowest BCUT2D eigenvalue weighted by Gasteiger charge is -2.37.